The quantitative estimate of drug-likeness (QED) is 0.779. The van der Waals surface area contributed by atoms with E-state index in [2.05, 4.69) is 26.1 Å². The number of rotatable bonds is 2. The lowest BCUT2D eigenvalue weighted by molar-refractivity contribution is 0.439. The highest BCUT2D eigenvalue weighted by atomic mass is 79.9. The topological polar surface area (TPSA) is 64.9 Å². The van der Waals surface area contributed by atoms with Gasteiger partial charge in [0.2, 0.25) is 5.88 Å². The van der Waals surface area contributed by atoms with Crippen molar-refractivity contribution in [2.24, 2.45) is 0 Å². The highest BCUT2D eigenvalue weighted by Crippen LogP contribution is 2.39. The minimum absolute atomic E-state index is 0.308. The molecule has 3 heterocycles. The third-order valence-electron chi connectivity index (χ3n) is 2.48. The summed E-state index contributed by atoms with van der Waals surface area (Å²) in [5.41, 5.74) is 8.29. The van der Waals surface area contributed by atoms with E-state index in [0.29, 0.717) is 5.88 Å². The van der Waals surface area contributed by atoms with Crippen molar-refractivity contribution >= 4 is 33.2 Å². The van der Waals surface area contributed by atoms with Gasteiger partial charge >= 0.3 is 0 Å². The number of nitrogens with two attached hydrogens (primary N) is 1. The summed E-state index contributed by atoms with van der Waals surface area (Å²) < 4.78 is 6.14. The highest BCUT2D eigenvalue weighted by molar-refractivity contribution is 9.11. The predicted octanol–water partition coefficient (Wildman–Crippen LogP) is 3.81. The number of halogens is 1. The van der Waals surface area contributed by atoms with Crippen LogP contribution >= 0.6 is 27.3 Å². The van der Waals surface area contributed by atoms with E-state index >= 15 is 0 Å². The molecule has 0 atom stereocenters. The van der Waals surface area contributed by atoms with Crippen molar-refractivity contribution in [3.8, 4) is 21.7 Å². The smallest absolute Gasteiger partial charge is 0.230 e. The zero-order chi connectivity index (χ0) is 12.5. The van der Waals surface area contributed by atoms with Gasteiger partial charge in [-0.1, -0.05) is 11.2 Å². The van der Waals surface area contributed by atoms with Crippen LogP contribution in [0, 0.1) is 0 Å². The molecule has 0 amide bonds. The molecule has 4 nitrogen and oxygen atoms in total. The molecule has 0 saturated heterocycles. The molecule has 2 N–H and O–H groups in total. The van der Waals surface area contributed by atoms with Crippen molar-refractivity contribution in [1.82, 2.24) is 10.1 Å². The van der Waals surface area contributed by atoms with E-state index in [-0.39, 0.29) is 0 Å². The average Bonchev–Trinajstić information content (AvgIpc) is 2.96. The van der Waals surface area contributed by atoms with Gasteiger partial charge in [0, 0.05) is 18.0 Å². The molecule has 0 aromatic carbocycles. The molecule has 0 unspecified atom stereocenters. The Morgan fingerprint density at radius 2 is 2.17 bits per heavy atom. The summed E-state index contributed by atoms with van der Waals surface area (Å²) in [5, 5.41) is 4.04. The lowest BCUT2D eigenvalue weighted by Gasteiger charge is -1.99. The molecule has 3 aromatic rings. The van der Waals surface area contributed by atoms with Crippen LogP contribution < -0.4 is 5.73 Å². The zero-order valence-electron chi connectivity index (χ0n) is 9.13. The van der Waals surface area contributed by atoms with Crippen LogP contribution in [0.3, 0.4) is 0 Å². The Morgan fingerprint density at radius 3 is 2.83 bits per heavy atom. The van der Waals surface area contributed by atoms with Crippen LogP contribution in [0.15, 0.2) is 45.0 Å². The van der Waals surface area contributed by atoms with Gasteiger partial charge in [-0.2, -0.15) is 0 Å². The summed E-state index contributed by atoms with van der Waals surface area (Å²) >= 11 is 5.01. The van der Waals surface area contributed by atoms with Crippen molar-refractivity contribution < 1.29 is 4.52 Å². The maximum atomic E-state index is 5.85. The summed E-state index contributed by atoms with van der Waals surface area (Å²) in [6.45, 7) is 0. The molecule has 0 saturated carbocycles. The SMILES string of the molecule is Nc1onc(-c2ccc(Br)s2)c1-c1cccnc1. The number of hydrogen-bond donors (Lipinski definition) is 1. The number of pyridine rings is 1. The lowest BCUT2D eigenvalue weighted by Crippen LogP contribution is -1.87. The normalized spacial score (nSPS) is 10.7. The molecule has 6 heteroatoms. The third-order valence-corrected chi connectivity index (χ3v) is 4.11. The molecular formula is C12H8BrN3OS. The molecule has 0 fully saturated rings. The van der Waals surface area contributed by atoms with Crippen LogP contribution in [-0.4, -0.2) is 10.1 Å². The van der Waals surface area contributed by atoms with Gasteiger partial charge in [0.25, 0.3) is 0 Å². The summed E-state index contributed by atoms with van der Waals surface area (Å²) in [5.74, 6) is 0.308. The molecule has 0 radical (unpaired) electrons. The lowest BCUT2D eigenvalue weighted by atomic mass is 10.1. The fraction of sp³-hybridized carbons (Fsp3) is 0. The van der Waals surface area contributed by atoms with Gasteiger partial charge in [-0.25, -0.2) is 0 Å². The van der Waals surface area contributed by atoms with Crippen molar-refractivity contribution in [2.45, 2.75) is 0 Å². The van der Waals surface area contributed by atoms with Gasteiger partial charge in [-0.15, -0.1) is 11.3 Å². The first kappa shape index (κ1) is 11.4. The molecule has 0 spiro atoms. The maximum Gasteiger partial charge on any atom is 0.230 e. The van der Waals surface area contributed by atoms with Gasteiger partial charge < -0.3 is 10.3 Å². The molecular weight excluding hydrogens is 314 g/mol. The molecule has 0 aliphatic rings. The van der Waals surface area contributed by atoms with Crippen LogP contribution in [0.2, 0.25) is 0 Å². The van der Waals surface area contributed by atoms with Gasteiger partial charge in [0.15, 0.2) is 0 Å². The predicted molar refractivity (Wildman–Crippen MR) is 75.2 cm³/mol. The van der Waals surface area contributed by atoms with Crippen LogP contribution in [0.4, 0.5) is 5.88 Å². The van der Waals surface area contributed by atoms with Crippen molar-refractivity contribution in [1.29, 1.82) is 0 Å². The van der Waals surface area contributed by atoms with E-state index in [4.69, 9.17) is 10.3 Å². The number of anilines is 1. The van der Waals surface area contributed by atoms with Gasteiger partial charge in [0.05, 0.1) is 14.2 Å². The molecule has 3 aromatic heterocycles. The monoisotopic (exact) mass is 321 g/mol. The number of nitrogen functional groups attached to an aromatic ring is 1. The Bertz CT molecular complexity index is 678. The van der Waals surface area contributed by atoms with Crippen molar-refractivity contribution in [3.05, 3.63) is 40.4 Å². The fourth-order valence-electron chi connectivity index (χ4n) is 1.70. The molecule has 18 heavy (non-hydrogen) atoms. The van der Waals surface area contributed by atoms with Crippen LogP contribution in [0.25, 0.3) is 21.7 Å². The van der Waals surface area contributed by atoms with E-state index in [1.54, 1.807) is 23.7 Å². The van der Waals surface area contributed by atoms with E-state index in [1.807, 2.05) is 24.3 Å². The van der Waals surface area contributed by atoms with Crippen molar-refractivity contribution in [3.63, 3.8) is 0 Å². The second-order valence-electron chi connectivity index (χ2n) is 3.62. The minimum Gasteiger partial charge on any atom is -0.367 e. The molecule has 0 aliphatic carbocycles. The second-order valence-corrected chi connectivity index (χ2v) is 6.08. The number of hydrogen-bond acceptors (Lipinski definition) is 5. The standard InChI is InChI=1S/C12H8BrN3OS/c13-9-4-3-8(18-9)11-10(12(14)17-16-11)7-2-1-5-15-6-7/h1-6H,14H2. The van der Waals surface area contributed by atoms with Crippen LogP contribution in [-0.2, 0) is 0 Å². The van der Waals surface area contributed by atoms with E-state index in [9.17, 15) is 0 Å². The summed E-state index contributed by atoms with van der Waals surface area (Å²) in [6, 6.07) is 7.74. The first-order valence-electron chi connectivity index (χ1n) is 5.17. The first-order valence-corrected chi connectivity index (χ1v) is 6.78. The van der Waals surface area contributed by atoms with Gasteiger partial charge in [-0.05, 0) is 34.1 Å². The molecule has 90 valence electrons. The number of thiophene rings is 1. The number of aromatic nitrogens is 2. The highest BCUT2D eigenvalue weighted by Gasteiger charge is 2.18. The Morgan fingerprint density at radius 1 is 1.28 bits per heavy atom. The van der Waals surface area contributed by atoms with Gasteiger partial charge in [-0.3, -0.25) is 4.98 Å². The first-order chi connectivity index (χ1) is 8.75. The van der Waals surface area contributed by atoms with Gasteiger partial charge in [0.1, 0.15) is 5.69 Å². The van der Waals surface area contributed by atoms with E-state index < -0.39 is 0 Å². The third kappa shape index (κ3) is 1.93. The van der Waals surface area contributed by atoms with E-state index in [1.165, 1.54) is 0 Å². The number of nitrogens with zero attached hydrogens (tertiary/aromatic N) is 2. The summed E-state index contributed by atoms with van der Waals surface area (Å²) in [6.07, 6.45) is 3.46. The second kappa shape index (κ2) is 4.55. The molecule has 0 aliphatic heterocycles. The summed E-state index contributed by atoms with van der Waals surface area (Å²) in [4.78, 5) is 5.09. The fourth-order valence-corrected chi connectivity index (χ4v) is 3.08. The van der Waals surface area contributed by atoms with Crippen LogP contribution in [0.1, 0.15) is 0 Å². The Balaban J connectivity index is 2.18. The largest absolute Gasteiger partial charge is 0.367 e. The Hall–Kier alpha value is -1.66. The molecule has 0 bridgehead atoms. The minimum atomic E-state index is 0.308. The molecule has 3 rings (SSSR count). The summed E-state index contributed by atoms with van der Waals surface area (Å²) in [7, 11) is 0. The Kier molecular flexibility index (Phi) is 2.89. The van der Waals surface area contributed by atoms with Crippen LogP contribution in [0.5, 0.6) is 0 Å². The Labute approximate surface area is 116 Å². The average molecular weight is 322 g/mol. The van der Waals surface area contributed by atoms with E-state index in [0.717, 1.165) is 25.5 Å². The zero-order valence-corrected chi connectivity index (χ0v) is 11.5. The maximum absolute atomic E-state index is 5.85. The van der Waals surface area contributed by atoms with Crippen molar-refractivity contribution in [2.75, 3.05) is 5.73 Å².